The van der Waals surface area contributed by atoms with Gasteiger partial charge in [0, 0.05) is 12.8 Å². The Morgan fingerprint density at radius 2 is 0.975 bits per heavy atom. The highest BCUT2D eigenvalue weighted by atomic mass is 32.7. The third-order valence-electron chi connectivity index (χ3n) is 4.08. The molecule has 0 bridgehead atoms. The molecule has 0 rings (SSSR count). The monoisotopic (exact) mass is 658 g/mol. The van der Waals surface area contributed by atoms with Crippen molar-refractivity contribution in [2.75, 3.05) is 14.2 Å². The number of carbonyl (C=O) groups excluding carboxylic acids is 6. The number of hydrogen-bond donors (Lipinski definition) is 8. The molecule has 0 saturated heterocycles. The van der Waals surface area contributed by atoms with E-state index in [4.69, 9.17) is 31.0 Å². The van der Waals surface area contributed by atoms with Crippen LogP contribution >= 0.6 is 36.4 Å². The molecular formula is C16H28N4O16P2S2. The molecule has 0 aromatic carbocycles. The van der Waals surface area contributed by atoms with Gasteiger partial charge in [-0.05, 0) is 35.6 Å². The minimum atomic E-state index is -5.07. The maximum absolute atomic E-state index is 12.3. The third-order valence-corrected chi connectivity index (χ3v) is 8.58. The van der Waals surface area contributed by atoms with Gasteiger partial charge in [-0.25, -0.2) is 28.5 Å². The Kier molecular flexibility index (Phi) is 16.5. The van der Waals surface area contributed by atoms with Crippen molar-refractivity contribution in [1.82, 2.24) is 10.6 Å². The van der Waals surface area contributed by atoms with Crippen molar-refractivity contribution in [2.24, 2.45) is 11.5 Å². The molecular weight excluding hydrogens is 630 g/mol. The summed E-state index contributed by atoms with van der Waals surface area (Å²) in [6.07, 6.45) is -1.62. The lowest BCUT2D eigenvalue weighted by Crippen LogP contribution is -2.43. The first-order valence-electron chi connectivity index (χ1n) is 10.4. The van der Waals surface area contributed by atoms with Crippen LogP contribution in [0.15, 0.2) is 0 Å². The summed E-state index contributed by atoms with van der Waals surface area (Å²) in [4.78, 5) is 116. The van der Waals surface area contributed by atoms with E-state index >= 15 is 0 Å². The molecule has 0 aliphatic rings. The normalized spacial score (nSPS) is 14.5. The molecule has 0 heterocycles. The first-order valence-corrected chi connectivity index (χ1v) is 16.6. The molecule has 0 fully saturated rings. The number of methoxy groups -OCH3 is 2. The first-order chi connectivity index (χ1) is 18.3. The zero-order chi connectivity index (χ0) is 31.3. The lowest BCUT2D eigenvalue weighted by molar-refractivity contribution is -0.258. The second-order valence-corrected chi connectivity index (χ2v) is 14.7. The van der Waals surface area contributed by atoms with Crippen LogP contribution in [0.2, 0.25) is 0 Å². The van der Waals surface area contributed by atoms with Crippen molar-refractivity contribution in [3.05, 3.63) is 0 Å². The SMILES string of the molecule is COC(=O)C(N)CCC(=O)N[C@H](SP(=O)(O)O)C(=O)OOC(=O)[C@@H](NC(=O)CCC(N)C(=O)OC)SP(=O)(O)O. The van der Waals surface area contributed by atoms with Crippen LogP contribution in [0.25, 0.3) is 0 Å². The van der Waals surface area contributed by atoms with E-state index in [1.807, 2.05) is 10.6 Å². The van der Waals surface area contributed by atoms with E-state index in [1.165, 1.54) is 0 Å². The molecule has 24 heteroatoms. The van der Waals surface area contributed by atoms with Gasteiger partial charge in [-0.1, -0.05) is 0 Å². The lowest BCUT2D eigenvalue weighted by Gasteiger charge is -2.19. The fraction of sp³-hybridized carbons (Fsp3) is 0.625. The molecule has 10 N–H and O–H groups in total. The van der Waals surface area contributed by atoms with Gasteiger partial charge in [0.05, 0.1) is 14.2 Å². The van der Waals surface area contributed by atoms with Gasteiger partial charge >= 0.3 is 37.5 Å². The number of amides is 2. The van der Waals surface area contributed by atoms with Crippen molar-refractivity contribution in [3.63, 3.8) is 0 Å². The van der Waals surface area contributed by atoms with E-state index in [0.717, 1.165) is 14.2 Å². The smallest absolute Gasteiger partial charge is 0.388 e. The van der Waals surface area contributed by atoms with Gasteiger partial charge in [0.25, 0.3) is 0 Å². The number of ether oxygens (including phenoxy) is 2. The average Bonchev–Trinajstić information content (AvgIpc) is 2.85. The van der Waals surface area contributed by atoms with Gasteiger partial charge in [-0.2, -0.15) is 0 Å². The van der Waals surface area contributed by atoms with Crippen molar-refractivity contribution in [3.8, 4) is 0 Å². The molecule has 4 atom stereocenters. The second kappa shape index (κ2) is 17.5. The Morgan fingerprint density at radius 3 is 1.23 bits per heavy atom. The van der Waals surface area contributed by atoms with E-state index in [1.54, 1.807) is 0 Å². The van der Waals surface area contributed by atoms with Crippen molar-refractivity contribution in [2.45, 2.75) is 48.5 Å². The maximum atomic E-state index is 12.3. The van der Waals surface area contributed by atoms with Crippen molar-refractivity contribution < 1.29 is 76.7 Å². The quantitative estimate of drug-likeness (QED) is 0.0271. The number of nitrogens with one attached hydrogen (secondary N) is 2. The highest BCUT2D eigenvalue weighted by molar-refractivity contribution is 8.55. The molecule has 40 heavy (non-hydrogen) atoms. The summed E-state index contributed by atoms with van der Waals surface area (Å²) in [6.45, 7) is -10.1. The largest absolute Gasteiger partial charge is 0.468 e. The van der Waals surface area contributed by atoms with Crippen LogP contribution in [0, 0.1) is 0 Å². The van der Waals surface area contributed by atoms with Crippen LogP contribution < -0.4 is 22.1 Å². The zero-order valence-corrected chi connectivity index (χ0v) is 24.1. The predicted molar refractivity (Wildman–Crippen MR) is 134 cm³/mol. The van der Waals surface area contributed by atoms with E-state index in [9.17, 15) is 37.9 Å². The Labute approximate surface area is 233 Å². The fourth-order valence-corrected chi connectivity index (χ4v) is 5.90. The molecule has 0 aliphatic heterocycles. The topological polar surface area (TPSA) is 331 Å². The first kappa shape index (κ1) is 37.7. The molecule has 2 amide bonds. The molecule has 0 saturated carbocycles. The van der Waals surface area contributed by atoms with Crippen LogP contribution in [0.3, 0.4) is 0 Å². The Balaban J connectivity index is 5.33. The van der Waals surface area contributed by atoms with Crippen LogP contribution in [-0.2, 0) is 57.1 Å². The number of nitrogens with two attached hydrogens (primary N) is 2. The molecule has 2 unspecified atom stereocenters. The minimum Gasteiger partial charge on any atom is -0.468 e. The van der Waals surface area contributed by atoms with Gasteiger partial charge in [0.15, 0.2) is 10.7 Å². The van der Waals surface area contributed by atoms with Gasteiger partial charge in [0.2, 0.25) is 11.8 Å². The average molecular weight is 658 g/mol. The standard InChI is InChI=1S/C16H28N4O16P2S2/c1-33-13(23)7(17)3-5-9(21)19-11(39-37(27,28)29)15(25)35-36-16(26)12(40-38(30,31)32)20-10(22)6-4-8(18)14(24)34-2/h7-8,11-12H,3-6,17-18H2,1-2H3,(H,19,21)(H,20,22)(H2,27,28,29)(H2,30,31,32)/t7?,8?,11-,12+. The summed E-state index contributed by atoms with van der Waals surface area (Å²) < 4.78 is 31.4. The number of esters is 2. The van der Waals surface area contributed by atoms with E-state index in [0.29, 0.717) is 0 Å². The summed E-state index contributed by atoms with van der Waals surface area (Å²) in [5, 5.41) is -0.646. The molecule has 0 aromatic rings. The summed E-state index contributed by atoms with van der Waals surface area (Å²) in [6, 6.07) is -2.46. The number of carbonyl (C=O) groups is 6. The highest BCUT2D eigenvalue weighted by Crippen LogP contribution is 2.53. The van der Waals surface area contributed by atoms with Gasteiger partial charge in [0.1, 0.15) is 12.1 Å². The van der Waals surface area contributed by atoms with Crippen LogP contribution in [-0.4, -0.2) is 92.3 Å². The molecule has 0 spiro atoms. The molecule has 0 radical (unpaired) electrons. The highest BCUT2D eigenvalue weighted by Gasteiger charge is 2.36. The van der Waals surface area contributed by atoms with Crippen LogP contribution in [0.4, 0.5) is 0 Å². The van der Waals surface area contributed by atoms with E-state index < -0.39 is 108 Å². The second-order valence-electron chi connectivity index (χ2n) is 7.23. The summed E-state index contributed by atoms with van der Waals surface area (Å²) in [5.41, 5.74) is 10.9. The molecule has 230 valence electrons. The molecule has 0 aliphatic carbocycles. The molecule has 0 aromatic heterocycles. The lowest BCUT2D eigenvalue weighted by atomic mass is 10.1. The zero-order valence-electron chi connectivity index (χ0n) is 20.7. The van der Waals surface area contributed by atoms with Gasteiger partial charge in [-0.3, -0.25) is 19.2 Å². The van der Waals surface area contributed by atoms with Gasteiger partial charge < -0.3 is 51.1 Å². The Bertz CT molecular complexity index is 956. The number of hydrogen-bond acceptors (Lipinski definition) is 16. The molecule has 20 nitrogen and oxygen atoms in total. The van der Waals surface area contributed by atoms with Gasteiger partial charge in [-0.15, -0.1) is 0 Å². The van der Waals surface area contributed by atoms with Crippen molar-refractivity contribution >= 4 is 72.1 Å². The van der Waals surface area contributed by atoms with E-state index in [2.05, 4.69) is 19.2 Å². The van der Waals surface area contributed by atoms with Crippen LogP contribution in [0.5, 0.6) is 0 Å². The summed E-state index contributed by atoms with van der Waals surface area (Å²) in [7, 11) is 2.09. The maximum Gasteiger partial charge on any atom is 0.388 e. The summed E-state index contributed by atoms with van der Waals surface area (Å²) >= 11 is -0.851. The minimum absolute atomic E-state index is 0.290. The summed E-state index contributed by atoms with van der Waals surface area (Å²) in [5.74, 6) is -7.32. The van der Waals surface area contributed by atoms with Crippen LogP contribution in [0.1, 0.15) is 25.7 Å². The third kappa shape index (κ3) is 16.8. The Morgan fingerprint density at radius 1 is 0.675 bits per heavy atom. The van der Waals surface area contributed by atoms with Crippen molar-refractivity contribution in [1.29, 1.82) is 0 Å². The van der Waals surface area contributed by atoms with E-state index in [-0.39, 0.29) is 12.8 Å². The fourth-order valence-electron chi connectivity index (χ4n) is 2.25. The predicted octanol–water partition coefficient (Wildman–Crippen LogP) is -2.91. The Hall–Kier alpha value is -2.26. The number of rotatable bonds is 16.